The molecule has 0 aromatic heterocycles. The number of benzene rings is 1. The van der Waals surface area contributed by atoms with Gasteiger partial charge in [-0.2, -0.15) is 0 Å². The molecule has 1 aromatic carbocycles. The molecule has 2 heterocycles. The number of ether oxygens (including phenoxy) is 1. The highest BCUT2D eigenvalue weighted by Gasteiger charge is 2.54. The average molecular weight is 292 g/mol. The number of rotatable bonds is 3. The predicted molar refractivity (Wildman–Crippen MR) is 78.6 cm³/mol. The van der Waals surface area contributed by atoms with Crippen LogP contribution in [-0.4, -0.2) is 42.6 Å². The Bertz CT molecular complexity index is 537. The van der Waals surface area contributed by atoms with Crippen LogP contribution in [-0.2, 0) is 9.53 Å². The molecule has 0 spiro atoms. The molecule has 3 rings (SSSR count). The number of fused-ring (bicyclic) bond motifs is 1. The fourth-order valence-corrected chi connectivity index (χ4v) is 3.74. The first-order valence-corrected chi connectivity index (χ1v) is 7.52. The van der Waals surface area contributed by atoms with Crippen molar-refractivity contribution >= 4 is 11.7 Å². The topological polar surface area (TPSA) is 41.6 Å². The molecule has 2 aliphatic rings. The van der Waals surface area contributed by atoms with Crippen molar-refractivity contribution in [2.75, 3.05) is 25.5 Å². The minimum atomic E-state index is -0.761. The number of methoxy groups -OCH3 is 1. The molecule has 21 heavy (non-hydrogen) atoms. The van der Waals surface area contributed by atoms with E-state index >= 15 is 0 Å². The Morgan fingerprint density at radius 1 is 1.43 bits per heavy atom. The van der Waals surface area contributed by atoms with Gasteiger partial charge in [0.15, 0.2) is 5.54 Å². The van der Waals surface area contributed by atoms with Crippen molar-refractivity contribution in [1.82, 2.24) is 4.90 Å². The van der Waals surface area contributed by atoms with Crippen molar-refractivity contribution in [2.24, 2.45) is 0 Å². The zero-order valence-electron chi connectivity index (χ0n) is 12.3. The molecule has 4 nitrogen and oxygen atoms in total. The second-order valence-electron chi connectivity index (χ2n) is 5.90. The molecule has 2 atom stereocenters. The highest BCUT2D eigenvalue weighted by atomic mass is 19.1. The third kappa shape index (κ3) is 2.50. The van der Waals surface area contributed by atoms with E-state index in [4.69, 9.17) is 4.74 Å². The number of nitrogens with zero attached hydrogens (tertiary/aromatic N) is 1. The van der Waals surface area contributed by atoms with E-state index < -0.39 is 5.54 Å². The molecule has 0 aliphatic carbocycles. The van der Waals surface area contributed by atoms with Gasteiger partial charge >= 0.3 is 5.97 Å². The van der Waals surface area contributed by atoms with E-state index in [9.17, 15) is 9.18 Å². The normalized spacial score (nSPS) is 29.0. The van der Waals surface area contributed by atoms with Crippen molar-refractivity contribution in [3.8, 4) is 0 Å². The summed E-state index contributed by atoms with van der Waals surface area (Å²) in [5, 5.41) is 3.29. The summed E-state index contributed by atoms with van der Waals surface area (Å²) in [5.41, 5.74) is -0.129. The predicted octanol–water partition coefficient (Wildman–Crippen LogP) is 2.41. The molecule has 2 unspecified atom stereocenters. The van der Waals surface area contributed by atoms with E-state index in [0.29, 0.717) is 12.1 Å². The van der Waals surface area contributed by atoms with Gasteiger partial charge in [0, 0.05) is 18.3 Å². The third-order valence-corrected chi connectivity index (χ3v) is 4.72. The maximum absolute atomic E-state index is 13.4. The van der Waals surface area contributed by atoms with E-state index in [1.807, 2.05) is 0 Å². The lowest BCUT2D eigenvalue weighted by Gasteiger charge is -2.39. The summed E-state index contributed by atoms with van der Waals surface area (Å²) in [6.45, 7) is 1.90. The van der Waals surface area contributed by atoms with Crippen LogP contribution in [0.5, 0.6) is 0 Å². The van der Waals surface area contributed by atoms with Crippen LogP contribution in [0, 0.1) is 5.82 Å². The first kappa shape index (κ1) is 14.3. The van der Waals surface area contributed by atoms with E-state index in [1.165, 1.54) is 25.7 Å². The molecule has 0 amide bonds. The minimum Gasteiger partial charge on any atom is -0.467 e. The van der Waals surface area contributed by atoms with Crippen LogP contribution in [0.25, 0.3) is 0 Å². The zero-order valence-corrected chi connectivity index (χ0v) is 12.3. The lowest BCUT2D eigenvalue weighted by Crippen LogP contribution is -2.57. The molecule has 0 bridgehead atoms. The van der Waals surface area contributed by atoms with Crippen LogP contribution >= 0.6 is 0 Å². The highest BCUT2D eigenvalue weighted by Crippen LogP contribution is 2.38. The Kier molecular flexibility index (Phi) is 3.85. The SMILES string of the molecule is COC(=O)C1(Nc2cccc(F)c2)CCN2CCCCC21. The minimum absolute atomic E-state index is 0.127. The molecular weight excluding hydrogens is 271 g/mol. The maximum Gasteiger partial charge on any atom is 0.333 e. The van der Waals surface area contributed by atoms with Crippen LogP contribution in [0.4, 0.5) is 10.1 Å². The first-order chi connectivity index (χ1) is 10.2. The molecule has 2 saturated heterocycles. The monoisotopic (exact) mass is 292 g/mol. The summed E-state index contributed by atoms with van der Waals surface area (Å²) in [4.78, 5) is 14.8. The van der Waals surface area contributed by atoms with Gasteiger partial charge in [0.05, 0.1) is 7.11 Å². The van der Waals surface area contributed by atoms with Crippen molar-refractivity contribution in [3.05, 3.63) is 30.1 Å². The van der Waals surface area contributed by atoms with E-state index in [2.05, 4.69) is 10.2 Å². The number of hydrogen-bond donors (Lipinski definition) is 1. The smallest absolute Gasteiger partial charge is 0.333 e. The number of nitrogens with one attached hydrogen (secondary N) is 1. The van der Waals surface area contributed by atoms with Gasteiger partial charge in [0.1, 0.15) is 5.82 Å². The standard InChI is InChI=1S/C16H21FN2O2/c1-21-15(20)16(18-13-6-4-5-12(17)11-13)8-10-19-9-3-2-7-14(16)19/h4-6,11,14,18H,2-3,7-10H2,1H3. The van der Waals surface area contributed by atoms with Gasteiger partial charge in [0.2, 0.25) is 0 Å². The Morgan fingerprint density at radius 2 is 2.29 bits per heavy atom. The number of esters is 1. The number of carbonyl (C=O) groups is 1. The number of hydrogen-bond acceptors (Lipinski definition) is 4. The van der Waals surface area contributed by atoms with Crippen LogP contribution < -0.4 is 5.32 Å². The van der Waals surface area contributed by atoms with Crippen molar-refractivity contribution in [3.63, 3.8) is 0 Å². The fourth-order valence-electron chi connectivity index (χ4n) is 3.74. The van der Waals surface area contributed by atoms with Gasteiger partial charge in [-0.05, 0) is 44.0 Å². The Labute approximate surface area is 124 Å². The van der Waals surface area contributed by atoms with Crippen molar-refractivity contribution in [2.45, 2.75) is 37.3 Å². The largest absolute Gasteiger partial charge is 0.467 e. The Balaban J connectivity index is 1.92. The van der Waals surface area contributed by atoms with Crippen LogP contribution in [0.3, 0.4) is 0 Å². The lowest BCUT2D eigenvalue weighted by atomic mass is 9.85. The third-order valence-electron chi connectivity index (χ3n) is 4.72. The molecule has 1 N–H and O–H groups in total. The molecule has 0 saturated carbocycles. The van der Waals surface area contributed by atoms with E-state index in [1.54, 1.807) is 12.1 Å². The van der Waals surface area contributed by atoms with Gasteiger partial charge in [-0.25, -0.2) is 9.18 Å². The molecular formula is C16H21FN2O2. The number of halogens is 1. The molecule has 5 heteroatoms. The molecule has 2 fully saturated rings. The van der Waals surface area contributed by atoms with Crippen LogP contribution in [0.2, 0.25) is 0 Å². The van der Waals surface area contributed by atoms with Gasteiger partial charge < -0.3 is 10.1 Å². The Morgan fingerprint density at radius 3 is 3.05 bits per heavy atom. The number of anilines is 1. The summed E-state index contributed by atoms with van der Waals surface area (Å²) in [5.74, 6) is -0.556. The summed E-state index contributed by atoms with van der Waals surface area (Å²) >= 11 is 0. The van der Waals surface area contributed by atoms with Gasteiger partial charge in [-0.3, -0.25) is 4.90 Å². The maximum atomic E-state index is 13.4. The molecule has 2 aliphatic heterocycles. The van der Waals surface area contributed by atoms with Crippen LogP contribution in [0.1, 0.15) is 25.7 Å². The van der Waals surface area contributed by atoms with E-state index in [-0.39, 0.29) is 17.8 Å². The number of piperidine rings is 1. The Hall–Kier alpha value is -1.62. The highest BCUT2D eigenvalue weighted by molar-refractivity contribution is 5.86. The van der Waals surface area contributed by atoms with E-state index in [0.717, 1.165) is 25.9 Å². The van der Waals surface area contributed by atoms with Gasteiger partial charge in [-0.15, -0.1) is 0 Å². The second-order valence-corrected chi connectivity index (χ2v) is 5.90. The van der Waals surface area contributed by atoms with Crippen molar-refractivity contribution < 1.29 is 13.9 Å². The first-order valence-electron chi connectivity index (χ1n) is 7.52. The zero-order chi connectivity index (χ0) is 14.9. The summed E-state index contributed by atoms with van der Waals surface area (Å²) in [7, 11) is 1.42. The van der Waals surface area contributed by atoms with Gasteiger partial charge in [-0.1, -0.05) is 12.5 Å². The average Bonchev–Trinajstić information content (AvgIpc) is 2.87. The lowest BCUT2D eigenvalue weighted by molar-refractivity contribution is -0.147. The fraction of sp³-hybridized carbons (Fsp3) is 0.562. The van der Waals surface area contributed by atoms with Gasteiger partial charge in [0.25, 0.3) is 0 Å². The molecule has 1 aromatic rings. The summed E-state index contributed by atoms with van der Waals surface area (Å²) in [6, 6.07) is 6.39. The van der Waals surface area contributed by atoms with Crippen molar-refractivity contribution in [1.29, 1.82) is 0 Å². The van der Waals surface area contributed by atoms with Crippen LogP contribution in [0.15, 0.2) is 24.3 Å². The quantitative estimate of drug-likeness (QED) is 0.869. The number of carbonyl (C=O) groups excluding carboxylic acids is 1. The summed E-state index contributed by atoms with van der Waals surface area (Å²) in [6.07, 6.45) is 3.96. The summed E-state index contributed by atoms with van der Waals surface area (Å²) < 4.78 is 18.5. The molecule has 114 valence electrons. The molecule has 0 radical (unpaired) electrons. The second kappa shape index (κ2) is 5.64.